The van der Waals surface area contributed by atoms with Crippen molar-refractivity contribution in [1.82, 2.24) is 0 Å². The highest BCUT2D eigenvalue weighted by molar-refractivity contribution is 5.99. The minimum absolute atomic E-state index is 0.854. The van der Waals surface area contributed by atoms with Crippen molar-refractivity contribution < 1.29 is 23.4 Å². The van der Waals surface area contributed by atoms with E-state index in [1.165, 1.54) is 0 Å². The Balaban J connectivity index is 3.83. The van der Waals surface area contributed by atoms with Gasteiger partial charge in [-0.05, 0) is 5.53 Å². The van der Waals surface area contributed by atoms with E-state index in [1.807, 2.05) is 0 Å². The Morgan fingerprint density at radius 1 is 1.50 bits per heavy atom. The molecule has 0 heterocycles. The zero-order valence-electron chi connectivity index (χ0n) is 8.72. The summed E-state index contributed by atoms with van der Waals surface area (Å²) in [5.74, 6) is -6.49. The van der Waals surface area contributed by atoms with Gasteiger partial charge in [0, 0.05) is 10.7 Å². The number of carbonyl (C=O) groups excluding carboxylic acids is 1. The minimum atomic E-state index is -1.83. The normalized spacial score (nSPS) is 9.22. The van der Waals surface area contributed by atoms with Gasteiger partial charge in [0.25, 0.3) is 0 Å². The molecule has 18 heavy (non-hydrogen) atoms. The van der Waals surface area contributed by atoms with Gasteiger partial charge >= 0.3 is 11.7 Å². The number of azide groups is 1. The van der Waals surface area contributed by atoms with Crippen LogP contribution in [0.25, 0.3) is 15.4 Å². The number of methoxy groups -OCH3 is 1. The van der Waals surface area contributed by atoms with E-state index in [2.05, 4.69) is 19.7 Å². The Labute approximate surface area is 97.7 Å². The summed E-state index contributed by atoms with van der Waals surface area (Å²) in [4.78, 5) is 15.6. The van der Waals surface area contributed by atoms with E-state index in [4.69, 9.17) is 10.9 Å². The standard InChI is InChI=1S/C8H3F2N5O3/c1-18-8(17)2-3(9)4(10)6(14-15-12)7(16)5(2)13-11/h1H3. The van der Waals surface area contributed by atoms with Gasteiger partial charge in [0.15, 0.2) is 22.2 Å². The number of benzene rings is 1. The number of diazo groups is 1. The van der Waals surface area contributed by atoms with E-state index >= 15 is 0 Å². The summed E-state index contributed by atoms with van der Waals surface area (Å²) in [6.45, 7) is 0. The molecule has 0 radical (unpaired) electrons. The first-order chi connectivity index (χ1) is 8.49. The molecule has 0 aliphatic rings. The first-order valence-electron chi connectivity index (χ1n) is 4.20. The molecule has 1 aromatic rings. The van der Waals surface area contributed by atoms with Crippen LogP contribution in [0.15, 0.2) is 5.11 Å². The number of carbonyl (C=O) groups is 1. The second-order valence-corrected chi connectivity index (χ2v) is 2.81. The molecule has 10 heteroatoms. The highest BCUT2D eigenvalue weighted by atomic mass is 19.2. The Morgan fingerprint density at radius 3 is 2.56 bits per heavy atom. The van der Waals surface area contributed by atoms with Gasteiger partial charge in [-0.3, -0.25) is 0 Å². The summed E-state index contributed by atoms with van der Waals surface area (Å²) < 4.78 is 30.9. The van der Waals surface area contributed by atoms with Crippen LogP contribution in [0.4, 0.5) is 20.2 Å². The fourth-order valence-corrected chi connectivity index (χ4v) is 1.16. The Hall–Kier alpha value is -2.92. The molecule has 8 nitrogen and oxygen atoms in total. The monoisotopic (exact) mass is 255 g/mol. The van der Waals surface area contributed by atoms with Gasteiger partial charge in [-0.2, -0.15) is 0 Å². The lowest BCUT2D eigenvalue weighted by Gasteiger charge is -2.10. The van der Waals surface area contributed by atoms with Crippen molar-refractivity contribution in [3.63, 3.8) is 0 Å². The van der Waals surface area contributed by atoms with Gasteiger partial charge in [0.1, 0.15) is 0 Å². The molecule has 0 saturated heterocycles. The number of nitrogens with zero attached hydrogens (tertiary/aromatic N) is 5. The van der Waals surface area contributed by atoms with Crippen molar-refractivity contribution in [3.05, 3.63) is 32.6 Å². The predicted molar refractivity (Wildman–Crippen MR) is 50.7 cm³/mol. The lowest BCUT2D eigenvalue weighted by molar-refractivity contribution is -0.266. The fourth-order valence-electron chi connectivity index (χ4n) is 1.16. The molecule has 0 atom stereocenters. The van der Waals surface area contributed by atoms with E-state index in [1.54, 1.807) is 0 Å². The molecule has 0 N–H and O–H groups in total. The van der Waals surface area contributed by atoms with E-state index in [0.717, 1.165) is 7.11 Å². The van der Waals surface area contributed by atoms with Crippen molar-refractivity contribution in [3.8, 4) is 5.75 Å². The Kier molecular flexibility index (Phi) is 3.61. The van der Waals surface area contributed by atoms with Crippen LogP contribution in [0.5, 0.6) is 5.75 Å². The third-order valence-corrected chi connectivity index (χ3v) is 1.92. The largest absolute Gasteiger partial charge is 0.867 e. The average molecular weight is 255 g/mol. The van der Waals surface area contributed by atoms with Crippen LogP contribution in [0, 0.1) is 17.0 Å². The summed E-state index contributed by atoms with van der Waals surface area (Å²) in [7, 11) is 0.854. The van der Waals surface area contributed by atoms with E-state index in [0.29, 0.717) is 0 Å². The molecule has 0 spiro atoms. The lowest BCUT2D eigenvalue weighted by Crippen LogP contribution is -2.09. The summed E-state index contributed by atoms with van der Waals surface area (Å²) >= 11 is 0. The van der Waals surface area contributed by atoms with Crippen LogP contribution in [-0.2, 0) is 4.74 Å². The summed E-state index contributed by atoms with van der Waals surface area (Å²) in [6.07, 6.45) is 0. The first-order valence-corrected chi connectivity index (χ1v) is 4.20. The van der Waals surface area contributed by atoms with Gasteiger partial charge < -0.3 is 9.84 Å². The second kappa shape index (κ2) is 4.94. The van der Waals surface area contributed by atoms with Gasteiger partial charge in [0.2, 0.25) is 5.39 Å². The van der Waals surface area contributed by atoms with Crippen LogP contribution in [-0.4, -0.2) is 13.1 Å². The van der Waals surface area contributed by atoms with E-state index < -0.39 is 40.3 Å². The number of esters is 1. The molecule has 0 saturated carbocycles. The maximum Gasteiger partial charge on any atom is 0.395 e. The van der Waals surface area contributed by atoms with Crippen molar-refractivity contribution in [2.75, 3.05) is 7.11 Å². The Morgan fingerprint density at radius 2 is 2.11 bits per heavy atom. The predicted octanol–water partition coefficient (Wildman–Crippen LogP) is 2.25. The number of hydrogen-bond acceptors (Lipinski definition) is 5. The molecule has 92 valence electrons. The number of rotatable bonds is 2. The minimum Gasteiger partial charge on any atom is -0.867 e. The van der Waals surface area contributed by atoms with Gasteiger partial charge in [-0.25, -0.2) is 13.6 Å². The average Bonchev–Trinajstić information content (AvgIpc) is 2.37. The molecular weight excluding hydrogens is 252 g/mol. The van der Waals surface area contributed by atoms with Crippen LogP contribution >= 0.6 is 0 Å². The number of hydrogen-bond donors (Lipinski definition) is 0. The van der Waals surface area contributed by atoms with Crippen molar-refractivity contribution in [1.29, 1.82) is 5.39 Å². The molecule has 0 aliphatic heterocycles. The highest BCUT2D eigenvalue weighted by Crippen LogP contribution is 2.41. The van der Waals surface area contributed by atoms with Crippen molar-refractivity contribution in [2.45, 2.75) is 0 Å². The van der Waals surface area contributed by atoms with Crippen LogP contribution < -0.4 is 5.11 Å². The second-order valence-electron chi connectivity index (χ2n) is 2.81. The highest BCUT2D eigenvalue weighted by Gasteiger charge is 2.32. The molecule has 0 fully saturated rings. The molecular formula is C8H3F2N5O3. The molecule has 0 amide bonds. The summed E-state index contributed by atoms with van der Waals surface area (Å²) in [6, 6.07) is 0. The summed E-state index contributed by atoms with van der Waals surface area (Å²) in [5, 5.41) is 22.6. The van der Waals surface area contributed by atoms with Gasteiger partial charge in [-0.15, -0.1) is 0 Å². The molecule has 1 rings (SSSR count). The Bertz CT molecular complexity index is 618. The van der Waals surface area contributed by atoms with Gasteiger partial charge in [0.05, 0.1) is 12.8 Å². The number of halogens is 2. The van der Waals surface area contributed by atoms with Crippen LogP contribution in [0.1, 0.15) is 10.4 Å². The quantitative estimate of drug-likeness (QED) is 0.264. The van der Waals surface area contributed by atoms with Crippen molar-refractivity contribution >= 4 is 17.3 Å². The van der Waals surface area contributed by atoms with E-state index in [-0.39, 0.29) is 0 Å². The molecule has 0 bridgehead atoms. The topological polar surface area (TPSA) is 126 Å². The maximum absolute atomic E-state index is 13.5. The third-order valence-electron chi connectivity index (χ3n) is 1.92. The fraction of sp³-hybridized carbons (Fsp3) is 0.125. The first kappa shape index (κ1) is 13.1. The maximum atomic E-state index is 13.5. The molecule has 0 unspecified atom stereocenters. The molecule has 1 aromatic carbocycles. The lowest BCUT2D eigenvalue weighted by atomic mass is 10.1. The smallest absolute Gasteiger partial charge is 0.395 e. The van der Waals surface area contributed by atoms with E-state index in [9.17, 15) is 18.7 Å². The SMILES string of the molecule is COC(=O)c1c(F)c(F)c(N=[N+]=[N-])c([O-])c1[N+]#N. The van der Waals surface area contributed by atoms with Crippen LogP contribution in [0.2, 0.25) is 0 Å². The molecule has 0 aliphatic carbocycles. The van der Waals surface area contributed by atoms with Crippen LogP contribution in [0.3, 0.4) is 0 Å². The third kappa shape index (κ3) is 1.85. The zero-order chi connectivity index (χ0) is 13.9. The summed E-state index contributed by atoms with van der Waals surface area (Å²) in [5.41, 5.74) is 4.56. The zero-order valence-corrected chi connectivity index (χ0v) is 8.72. The van der Waals surface area contributed by atoms with Gasteiger partial charge in [-0.1, -0.05) is 5.11 Å². The molecule has 0 aromatic heterocycles. The van der Waals surface area contributed by atoms with Crippen molar-refractivity contribution in [2.24, 2.45) is 5.11 Å². The number of ether oxygens (including phenoxy) is 1.